The maximum atomic E-state index is 10.3. The molecular weight excluding hydrogens is 140 g/mol. The first-order valence-electron chi connectivity index (χ1n) is 2.54. The number of hydrogen-bond donors (Lipinski definition) is 3. The third-order valence-electron chi connectivity index (χ3n) is 0.562. The molecule has 0 fully saturated rings. The number of carbonyl (C=O) groups is 1. The van der Waals surface area contributed by atoms with Gasteiger partial charge in [-0.1, -0.05) is 0 Å². The van der Waals surface area contributed by atoms with Crippen molar-refractivity contribution in [2.75, 3.05) is 18.8 Å². The van der Waals surface area contributed by atoms with E-state index in [0.29, 0.717) is 13.1 Å². The summed E-state index contributed by atoms with van der Waals surface area (Å²) in [5, 5.41) is 0. The van der Waals surface area contributed by atoms with E-state index < -0.39 is 5.97 Å². The van der Waals surface area contributed by atoms with Gasteiger partial charge in [-0.2, -0.15) is 18.1 Å². The molecule has 0 aliphatic rings. The van der Waals surface area contributed by atoms with Gasteiger partial charge in [0, 0.05) is 13.1 Å². The fourth-order valence-corrected chi connectivity index (χ4v) is 0.287. The number of thiol groups is 1. The first-order chi connectivity index (χ1) is 4.31. The lowest BCUT2D eigenvalue weighted by Crippen LogP contribution is -2.26. The van der Waals surface area contributed by atoms with Crippen LogP contribution >= 0.6 is 12.6 Å². The average Bonchev–Trinajstić information content (AvgIpc) is 1.89. The van der Waals surface area contributed by atoms with Crippen molar-refractivity contribution in [2.45, 2.75) is 0 Å². The van der Waals surface area contributed by atoms with Gasteiger partial charge in [0.1, 0.15) is 0 Å². The van der Waals surface area contributed by atoms with Gasteiger partial charge in [0.25, 0.3) is 0 Å². The van der Waals surface area contributed by atoms with E-state index in [0.717, 1.165) is 0 Å². The topological polar surface area (TPSA) is 64.3 Å². The van der Waals surface area contributed by atoms with Crippen LogP contribution in [0.4, 0.5) is 0 Å². The molecule has 0 rings (SSSR count). The normalized spacial score (nSPS) is 9.11. The van der Waals surface area contributed by atoms with E-state index in [-0.39, 0.29) is 5.75 Å². The molecule has 3 N–H and O–H groups in total. The Bertz CT molecular complexity index is 88.6. The van der Waals surface area contributed by atoms with Crippen LogP contribution in [0, 0.1) is 0 Å². The zero-order chi connectivity index (χ0) is 7.11. The van der Waals surface area contributed by atoms with E-state index in [1.807, 2.05) is 0 Å². The van der Waals surface area contributed by atoms with Crippen molar-refractivity contribution in [3.05, 3.63) is 0 Å². The molecule has 0 amide bonds. The van der Waals surface area contributed by atoms with Gasteiger partial charge in [-0.3, -0.25) is 0 Å². The van der Waals surface area contributed by atoms with Crippen molar-refractivity contribution >= 4 is 18.6 Å². The maximum Gasteiger partial charge on any atom is 0.334 e. The largest absolute Gasteiger partial charge is 0.370 e. The summed E-state index contributed by atoms with van der Waals surface area (Å²) in [7, 11) is 0. The summed E-state index contributed by atoms with van der Waals surface area (Å²) in [5.41, 5.74) is 7.45. The summed E-state index contributed by atoms with van der Waals surface area (Å²) in [6.45, 7) is 0.916. The molecule has 0 aromatic rings. The van der Waals surface area contributed by atoms with E-state index in [4.69, 9.17) is 5.73 Å². The molecule has 0 aliphatic heterocycles. The zero-order valence-electron chi connectivity index (χ0n) is 4.96. The van der Waals surface area contributed by atoms with Crippen molar-refractivity contribution in [3.63, 3.8) is 0 Å². The first kappa shape index (κ1) is 8.74. The summed E-state index contributed by atoms with van der Waals surface area (Å²) in [6.07, 6.45) is 0. The van der Waals surface area contributed by atoms with Crippen LogP contribution in [0.1, 0.15) is 0 Å². The van der Waals surface area contributed by atoms with E-state index in [9.17, 15) is 4.79 Å². The lowest BCUT2D eigenvalue weighted by atomic mass is 10.7. The third-order valence-corrected chi connectivity index (χ3v) is 0.820. The Labute approximate surface area is 59.1 Å². The quantitative estimate of drug-likeness (QED) is 0.271. The molecule has 9 heavy (non-hydrogen) atoms. The average molecular weight is 150 g/mol. The van der Waals surface area contributed by atoms with Gasteiger partial charge in [0.05, 0.1) is 5.75 Å². The van der Waals surface area contributed by atoms with E-state index in [2.05, 4.69) is 22.9 Å². The van der Waals surface area contributed by atoms with Crippen molar-refractivity contribution in [1.29, 1.82) is 0 Å². The number of rotatable bonds is 4. The Kier molecular flexibility index (Phi) is 5.70. The van der Waals surface area contributed by atoms with Crippen LogP contribution < -0.4 is 11.2 Å². The zero-order valence-corrected chi connectivity index (χ0v) is 5.86. The van der Waals surface area contributed by atoms with Crippen LogP contribution in [0.5, 0.6) is 0 Å². The number of nitrogens with one attached hydrogen (secondary N) is 1. The van der Waals surface area contributed by atoms with E-state index in [1.165, 1.54) is 0 Å². The Morgan fingerprint density at radius 2 is 2.44 bits per heavy atom. The van der Waals surface area contributed by atoms with Crippen molar-refractivity contribution in [2.24, 2.45) is 5.73 Å². The van der Waals surface area contributed by atoms with Gasteiger partial charge in [0.15, 0.2) is 0 Å². The van der Waals surface area contributed by atoms with E-state index in [1.54, 1.807) is 0 Å². The summed E-state index contributed by atoms with van der Waals surface area (Å²) in [5.74, 6) is -0.316. The minimum absolute atomic E-state index is 0.0809. The first-order valence-corrected chi connectivity index (χ1v) is 3.18. The molecule has 0 radical (unpaired) electrons. The molecule has 0 unspecified atom stereocenters. The standard InChI is InChI=1S/C4H10N2O2S/c5-1-2-6-8-4(7)3-9/h6,9H,1-3,5H2. The molecule has 0 atom stereocenters. The summed E-state index contributed by atoms with van der Waals surface area (Å²) >= 11 is 3.67. The van der Waals surface area contributed by atoms with E-state index >= 15 is 0 Å². The van der Waals surface area contributed by atoms with Crippen LogP contribution in [0.15, 0.2) is 0 Å². The highest BCUT2D eigenvalue weighted by Gasteiger charge is 1.95. The molecule has 4 nitrogen and oxygen atoms in total. The molecule has 0 aromatic heterocycles. The predicted molar refractivity (Wildman–Crippen MR) is 37.0 cm³/mol. The van der Waals surface area contributed by atoms with Crippen molar-refractivity contribution in [1.82, 2.24) is 5.48 Å². The smallest absolute Gasteiger partial charge is 0.334 e. The number of hydroxylamine groups is 1. The fourth-order valence-electron chi connectivity index (χ4n) is 0.223. The second-order valence-electron chi connectivity index (χ2n) is 1.32. The fraction of sp³-hybridized carbons (Fsp3) is 0.750. The molecule has 0 saturated heterocycles. The third kappa shape index (κ3) is 5.61. The molecule has 0 spiro atoms. The van der Waals surface area contributed by atoms with Gasteiger partial charge >= 0.3 is 5.97 Å². The molecule has 0 bridgehead atoms. The number of carbonyl (C=O) groups excluding carboxylic acids is 1. The molecule has 54 valence electrons. The van der Waals surface area contributed by atoms with Crippen molar-refractivity contribution in [3.8, 4) is 0 Å². The summed E-state index contributed by atoms with van der Waals surface area (Å²) in [6, 6.07) is 0. The maximum absolute atomic E-state index is 10.3. The minimum Gasteiger partial charge on any atom is -0.370 e. The van der Waals surface area contributed by atoms with Gasteiger partial charge in [0.2, 0.25) is 0 Å². The van der Waals surface area contributed by atoms with Gasteiger partial charge in [-0.05, 0) is 0 Å². The lowest BCUT2D eigenvalue weighted by Gasteiger charge is -2.00. The minimum atomic E-state index is -0.396. The number of nitrogens with two attached hydrogens (primary N) is 1. The van der Waals surface area contributed by atoms with Crippen LogP contribution in [0.3, 0.4) is 0 Å². The molecule has 0 aliphatic carbocycles. The summed E-state index contributed by atoms with van der Waals surface area (Å²) in [4.78, 5) is 14.7. The second kappa shape index (κ2) is 5.87. The molecule has 0 aromatic carbocycles. The molecular formula is C4H10N2O2S. The molecule has 0 heterocycles. The molecule has 0 saturated carbocycles. The number of hydrogen-bond acceptors (Lipinski definition) is 5. The van der Waals surface area contributed by atoms with Gasteiger partial charge in [-0.25, -0.2) is 4.79 Å². The van der Waals surface area contributed by atoms with Gasteiger partial charge in [-0.15, -0.1) is 0 Å². The van der Waals surface area contributed by atoms with Crippen molar-refractivity contribution < 1.29 is 9.63 Å². The van der Waals surface area contributed by atoms with Crippen LogP contribution in [-0.2, 0) is 9.63 Å². The SMILES string of the molecule is NCCNOC(=O)CS. The highest BCUT2D eigenvalue weighted by Crippen LogP contribution is 1.75. The Morgan fingerprint density at radius 3 is 2.89 bits per heavy atom. The lowest BCUT2D eigenvalue weighted by molar-refractivity contribution is -0.147. The van der Waals surface area contributed by atoms with Crippen LogP contribution in [0.25, 0.3) is 0 Å². The van der Waals surface area contributed by atoms with Gasteiger partial charge < -0.3 is 10.6 Å². The summed E-state index contributed by atoms with van der Waals surface area (Å²) < 4.78 is 0. The Morgan fingerprint density at radius 1 is 1.78 bits per heavy atom. The monoisotopic (exact) mass is 150 g/mol. The Balaban J connectivity index is 2.97. The highest BCUT2D eigenvalue weighted by atomic mass is 32.1. The Hall–Kier alpha value is -0.260. The molecule has 5 heteroatoms. The van der Waals surface area contributed by atoms with Crippen LogP contribution in [0.2, 0.25) is 0 Å². The highest BCUT2D eigenvalue weighted by molar-refractivity contribution is 7.81. The predicted octanol–water partition coefficient (Wildman–Crippen LogP) is -1.08. The van der Waals surface area contributed by atoms with Crippen LogP contribution in [-0.4, -0.2) is 24.8 Å². The second-order valence-corrected chi connectivity index (χ2v) is 1.63.